The zero-order chi connectivity index (χ0) is 13.3. The Morgan fingerprint density at radius 2 is 1.53 bits per heavy atom. The van der Waals surface area contributed by atoms with Crippen molar-refractivity contribution in [2.24, 2.45) is 0 Å². The van der Waals surface area contributed by atoms with Crippen LogP contribution in [0.5, 0.6) is 0 Å². The van der Waals surface area contributed by atoms with Crippen molar-refractivity contribution in [3.8, 4) is 0 Å². The van der Waals surface area contributed by atoms with Gasteiger partial charge in [0.15, 0.2) is 0 Å². The number of unbranched alkanes of at least 4 members (excludes halogenated alkanes) is 1. The number of hydrogen-bond acceptors (Lipinski definition) is 4. The minimum Gasteiger partial charge on any atom is -0.464 e. The standard InChI is InChI=1S/C11H18Cl2O4/c1-3-16-9(14)11(13,7-5-6-8-12)10(15)17-4-2/h3-8H2,1-2H3. The topological polar surface area (TPSA) is 52.6 Å². The van der Waals surface area contributed by atoms with Gasteiger partial charge < -0.3 is 9.47 Å². The van der Waals surface area contributed by atoms with Gasteiger partial charge in [0.25, 0.3) is 0 Å². The van der Waals surface area contributed by atoms with Crippen molar-refractivity contribution >= 4 is 35.1 Å². The Morgan fingerprint density at radius 3 is 1.88 bits per heavy atom. The van der Waals surface area contributed by atoms with Gasteiger partial charge in [-0.25, -0.2) is 9.59 Å². The second kappa shape index (κ2) is 8.59. The maximum Gasteiger partial charge on any atom is 0.338 e. The first kappa shape index (κ1) is 16.5. The molecular weight excluding hydrogens is 267 g/mol. The van der Waals surface area contributed by atoms with E-state index in [-0.39, 0.29) is 19.6 Å². The van der Waals surface area contributed by atoms with Crippen LogP contribution in [0.15, 0.2) is 0 Å². The van der Waals surface area contributed by atoms with Gasteiger partial charge in [-0.1, -0.05) is 11.6 Å². The summed E-state index contributed by atoms with van der Waals surface area (Å²) in [5, 5.41) is 0. The van der Waals surface area contributed by atoms with E-state index in [0.29, 0.717) is 18.7 Å². The first-order valence-corrected chi connectivity index (χ1v) is 6.53. The minimum absolute atomic E-state index is 0.166. The highest BCUT2D eigenvalue weighted by Crippen LogP contribution is 2.26. The van der Waals surface area contributed by atoms with Crippen LogP contribution < -0.4 is 0 Å². The summed E-state index contributed by atoms with van der Waals surface area (Å²) in [7, 11) is 0. The van der Waals surface area contributed by atoms with E-state index in [9.17, 15) is 9.59 Å². The Kier molecular flexibility index (Phi) is 8.35. The van der Waals surface area contributed by atoms with Crippen LogP contribution in [-0.4, -0.2) is 35.9 Å². The van der Waals surface area contributed by atoms with Crippen molar-refractivity contribution in [2.45, 2.75) is 38.0 Å². The molecule has 0 aliphatic rings. The lowest BCUT2D eigenvalue weighted by Crippen LogP contribution is -2.44. The fourth-order valence-electron chi connectivity index (χ4n) is 1.24. The smallest absolute Gasteiger partial charge is 0.338 e. The lowest BCUT2D eigenvalue weighted by Gasteiger charge is -2.22. The molecule has 0 heterocycles. The summed E-state index contributed by atoms with van der Waals surface area (Å²) in [4.78, 5) is 21.6. The molecule has 0 saturated heterocycles. The Bertz CT molecular complexity index is 238. The van der Waals surface area contributed by atoms with Crippen LogP contribution >= 0.6 is 23.2 Å². The molecule has 0 unspecified atom stereocenters. The van der Waals surface area contributed by atoms with Gasteiger partial charge in [0, 0.05) is 5.88 Å². The molecule has 0 N–H and O–H groups in total. The second-order valence-corrected chi connectivity index (χ2v) is 4.41. The highest BCUT2D eigenvalue weighted by atomic mass is 35.5. The molecule has 0 amide bonds. The maximum atomic E-state index is 11.7. The predicted molar refractivity (Wildman–Crippen MR) is 66.4 cm³/mol. The molecule has 4 nitrogen and oxygen atoms in total. The SMILES string of the molecule is CCOC(=O)C(Cl)(CCCCCl)C(=O)OCC. The van der Waals surface area contributed by atoms with E-state index < -0.39 is 16.8 Å². The molecular formula is C11H18Cl2O4. The molecule has 100 valence electrons. The monoisotopic (exact) mass is 284 g/mol. The lowest BCUT2D eigenvalue weighted by atomic mass is 10.0. The summed E-state index contributed by atoms with van der Waals surface area (Å²) >= 11 is 11.6. The zero-order valence-corrected chi connectivity index (χ0v) is 11.6. The molecule has 0 aromatic rings. The number of hydrogen-bond donors (Lipinski definition) is 0. The average Bonchev–Trinajstić information content (AvgIpc) is 2.29. The lowest BCUT2D eigenvalue weighted by molar-refractivity contribution is -0.159. The quantitative estimate of drug-likeness (QED) is 0.297. The van der Waals surface area contributed by atoms with E-state index in [2.05, 4.69) is 0 Å². The van der Waals surface area contributed by atoms with Crippen LogP contribution in [0.2, 0.25) is 0 Å². The zero-order valence-electron chi connectivity index (χ0n) is 10.1. The van der Waals surface area contributed by atoms with E-state index in [1.165, 1.54) is 0 Å². The molecule has 0 aromatic heterocycles. The molecule has 0 aliphatic heterocycles. The molecule has 0 rings (SSSR count). The van der Waals surface area contributed by atoms with Gasteiger partial charge in [-0.05, 0) is 33.1 Å². The van der Waals surface area contributed by atoms with Gasteiger partial charge in [-0.15, -0.1) is 11.6 Å². The van der Waals surface area contributed by atoms with Crippen LogP contribution in [0.3, 0.4) is 0 Å². The molecule has 0 fully saturated rings. The van der Waals surface area contributed by atoms with Crippen molar-refractivity contribution in [1.29, 1.82) is 0 Å². The van der Waals surface area contributed by atoms with Gasteiger partial charge in [-0.2, -0.15) is 0 Å². The highest BCUT2D eigenvalue weighted by molar-refractivity contribution is 6.44. The average molecular weight is 285 g/mol. The van der Waals surface area contributed by atoms with Gasteiger partial charge in [0.1, 0.15) is 0 Å². The Balaban J connectivity index is 4.66. The fraction of sp³-hybridized carbons (Fsp3) is 0.818. The van der Waals surface area contributed by atoms with E-state index in [1.807, 2.05) is 0 Å². The Hall–Kier alpha value is -0.480. The molecule has 0 bridgehead atoms. The van der Waals surface area contributed by atoms with Gasteiger partial charge in [0.05, 0.1) is 13.2 Å². The number of esters is 2. The van der Waals surface area contributed by atoms with Crippen LogP contribution in [-0.2, 0) is 19.1 Å². The molecule has 0 radical (unpaired) electrons. The van der Waals surface area contributed by atoms with E-state index >= 15 is 0 Å². The van der Waals surface area contributed by atoms with Crippen LogP contribution in [0.1, 0.15) is 33.1 Å². The van der Waals surface area contributed by atoms with E-state index in [0.717, 1.165) is 0 Å². The first-order valence-electron chi connectivity index (χ1n) is 5.62. The number of carbonyl (C=O) groups is 2. The summed E-state index contributed by atoms with van der Waals surface area (Å²) in [6, 6.07) is 0. The highest BCUT2D eigenvalue weighted by Gasteiger charge is 2.46. The summed E-state index contributed by atoms with van der Waals surface area (Å²) in [5.74, 6) is -1.05. The molecule has 0 spiro atoms. The van der Waals surface area contributed by atoms with Gasteiger partial charge in [0.2, 0.25) is 4.87 Å². The van der Waals surface area contributed by atoms with Crippen molar-refractivity contribution in [2.75, 3.05) is 19.1 Å². The van der Waals surface area contributed by atoms with Crippen molar-refractivity contribution < 1.29 is 19.1 Å². The third-order valence-electron chi connectivity index (χ3n) is 2.10. The number of ether oxygens (including phenoxy) is 2. The van der Waals surface area contributed by atoms with Crippen molar-refractivity contribution in [3.63, 3.8) is 0 Å². The van der Waals surface area contributed by atoms with Crippen LogP contribution in [0.4, 0.5) is 0 Å². The van der Waals surface area contributed by atoms with Crippen molar-refractivity contribution in [3.05, 3.63) is 0 Å². The summed E-state index contributed by atoms with van der Waals surface area (Å²) < 4.78 is 9.60. The van der Waals surface area contributed by atoms with E-state index in [4.69, 9.17) is 32.7 Å². The fourth-order valence-corrected chi connectivity index (χ4v) is 1.67. The van der Waals surface area contributed by atoms with Crippen LogP contribution in [0.25, 0.3) is 0 Å². The number of halogens is 2. The Labute approximate surface area is 112 Å². The maximum absolute atomic E-state index is 11.7. The summed E-state index contributed by atoms with van der Waals surface area (Å²) in [6.07, 6.45) is 1.40. The molecule has 0 saturated carbocycles. The number of carbonyl (C=O) groups excluding carboxylic acids is 2. The Morgan fingerprint density at radius 1 is 1.06 bits per heavy atom. The molecule has 6 heteroatoms. The number of rotatable bonds is 8. The van der Waals surface area contributed by atoms with Crippen LogP contribution in [0, 0.1) is 0 Å². The minimum atomic E-state index is -1.74. The summed E-state index contributed by atoms with van der Waals surface area (Å²) in [5.41, 5.74) is 0. The molecule has 0 atom stereocenters. The third-order valence-corrected chi connectivity index (χ3v) is 2.87. The second-order valence-electron chi connectivity index (χ2n) is 3.39. The number of alkyl halides is 2. The predicted octanol–water partition coefficient (Wildman–Crippen LogP) is 2.50. The third kappa shape index (κ3) is 5.13. The van der Waals surface area contributed by atoms with E-state index in [1.54, 1.807) is 13.8 Å². The molecule has 0 aromatic carbocycles. The van der Waals surface area contributed by atoms with Gasteiger partial charge >= 0.3 is 11.9 Å². The largest absolute Gasteiger partial charge is 0.464 e. The molecule has 17 heavy (non-hydrogen) atoms. The first-order chi connectivity index (χ1) is 8.02. The molecule has 0 aliphatic carbocycles. The summed E-state index contributed by atoms with van der Waals surface area (Å²) in [6.45, 7) is 3.64. The van der Waals surface area contributed by atoms with Crippen molar-refractivity contribution in [1.82, 2.24) is 0 Å². The normalized spacial score (nSPS) is 11.1. The van der Waals surface area contributed by atoms with Gasteiger partial charge in [-0.3, -0.25) is 0 Å².